The summed E-state index contributed by atoms with van der Waals surface area (Å²) in [7, 11) is 0. The van der Waals surface area contributed by atoms with Crippen LogP contribution in [0.3, 0.4) is 0 Å². The minimum absolute atomic E-state index is 0.297. The van der Waals surface area contributed by atoms with Crippen molar-refractivity contribution in [1.82, 2.24) is 0 Å². The van der Waals surface area contributed by atoms with E-state index in [0.29, 0.717) is 28.5 Å². The Kier molecular flexibility index (Phi) is 4.07. The number of nitrogens with zero attached hydrogens (tertiary/aromatic N) is 2. The van der Waals surface area contributed by atoms with E-state index in [0.717, 1.165) is 17.0 Å². The second-order valence-corrected chi connectivity index (χ2v) is 8.04. The topological polar surface area (TPSA) is 40.6 Å². The van der Waals surface area contributed by atoms with Gasteiger partial charge in [0.1, 0.15) is 5.70 Å². The summed E-state index contributed by atoms with van der Waals surface area (Å²) in [5, 5.41) is 2.48. The Morgan fingerprint density at radius 3 is 2.43 bits per heavy atom. The van der Waals surface area contributed by atoms with Gasteiger partial charge in [-0.2, -0.15) is 0 Å². The number of imide groups is 1. The molecule has 3 aromatic rings. The maximum Gasteiger partial charge on any atom is 0.282 e. The maximum atomic E-state index is 13.5. The first-order chi connectivity index (χ1) is 13.6. The predicted molar refractivity (Wildman–Crippen MR) is 113 cm³/mol. The molecule has 3 heterocycles. The molecule has 0 bridgehead atoms. The molecule has 0 N–H and O–H groups in total. The van der Waals surface area contributed by atoms with E-state index < -0.39 is 0 Å². The van der Waals surface area contributed by atoms with E-state index in [-0.39, 0.29) is 11.8 Å². The Morgan fingerprint density at radius 1 is 0.893 bits per heavy atom. The number of fused-ring (bicyclic) bond motifs is 1. The number of hydrogen-bond acceptors (Lipinski definition) is 4. The quantitative estimate of drug-likeness (QED) is 0.589. The molecule has 28 heavy (non-hydrogen) atoms. The van der Waals surface area contributed by atoms with Crippen molar-refractivity contribution in [2.24, 2.45) is 0 Å². The molecule has 0 radical (unpaired) electrons. The molecular weight excluding hydrogens is 392 g/mol. The number of carbonyl (C=O) groups is 2. The van der Waals surface area contributed by atoms with Crippen LogP contribution in [0.1, 0.15) is 10.4 Å². The summed E-state index contributed by atoms with van der Waals surface area (Å²) in [4.78, 5) is 30.9. The third-order valence-electron chi connectivity index (χ3n) is 5.07. The summed E-state index contributed by atoms with van der Waals surface area (Å²) in [5.41, 5.74) is 3.62. The molecule has 5 rings (SSSR count). The molecular formula is C22H15ClN2O2S. The van der Waals surface area contributed by atoms with E-state index in [4.69, 9.17) is 11.6 Å². The van der Waals surface area contributed by atoms with Crippen LogP contribution < -0.4 is 9.80 Å². The van der Waals surface area contributed by atoms with E-state index >= 15 is 0 Å². The molecule has 138 valence electrons. The minimum atomic E-state index is -0.299. The van der Waals surface area contributed by atoms with Gasteiger partial charge >= 0.3 is 0 Å². The highest BCUT2D eigenvalue weighted by atomic mass is 35.5. The van der Waals surface area contributed by atoms with Crippen LogP contribution in [0.5, 0.6) is 0 Å². The summed E-state index contributed by atoms with van der Waals surface area (Å²) in [6.07, 6.45) is 0.847. The SMILES string of the molecule is O=C1C(c2cccs2)=C(N2CCc3ccccc32)C(=O)N1c1ccc(Cl)cc1. The van der Waals surface area contributed by atoms with E-state index in [1.807, 2.05) is 40.6 Å². The zero-order chi connectivity index (χ0) is 19.3. The molecule has 4 nitrogen and oxygen atoms in total. The number of carbonyl (C=O) groups excluding carboxylic acids is 2. The molecule has 0 spiro atoms. The van der Waals surface area contributed by atoms with Gasteiger partial charge in [-0.25, -0.2) is 4.90 Å². The van der Waals surface area contributed by atoms with Crippen molar-refractivity contribution in [1.29, 1.82) is 0 Å². The van der Waals surface area contributed by atoms with Gasteiger partial charge in [-0.1, -0.05) is 35.9 Å². The number of amides is 2. The minimum Gasteiger partial charge on any atom is -0.336 e. The number of halogens is 1. The normalized spacial score (nSPS) is 16.3. The monoisotopic (exact) mass is 406 g/mol. The van der Waals surface area contributed by atoms with Crippen LogP contribution in [-0.2, 0) is 16.0 Å². The molecule has 0 atom stereocenters. The Balaban J connectivity index is 1.67. The first-order valence-electron chi connectivity index (χ1n) is 8.93. The van der Waals surface area contributed by atoms with Crippen LogP contribution in [0.25, 0.3) is 5.57 Å². The van der Waals surface area contributed by atoms with Crippen molar-refractivity contribution in [3.8, 4) is 0 Å². The Morgan fingerprint density at radius 2 is 1.68 bits per heavy atom. The fourth-order valence-electron chi connectivity index (χ4n) is 3.81. The number of anilines is 2. The van der Waals surface area contributed by atoms with Gasteiger partial charge in [-0.05, 0) is 53.8 Å². The second-order valence-electron chi connectivity index (χ2n) is 6.65. The molecule has 0 saturated heterocycles. The molecule has 2 amide bonds. The largest absolute Gasteiger partial charge is 0.336 e. The molecule has 2 aliphatic rings. The maximum absolute atomic E-state index is 13.5. The van der Waals surface area contributed by atoms with Gasteiger partial charge in [0.05, 0.1) is 11.3 Å². The standard InChI is InChI=1S/C22H15ClN2O2S/c23-15-7-9-16(10-8-15)25-21(26)19(18-6-3-13-28-18)20(22(25)27)24-12-11-14-4-1-2-5-17(14)24/h1-10,13H,11-12H2. The summed E-state index contributed by atoms with van der Waals surface area (Å²) < 4.78 is 0. The lowest BCUT2D eigenvalue weighted by atomic mass is 10.1. The lowest BCUT2D eigenvalue weighted by molar-refractivity contribution is -0.120. The Labute approximate surface area is 171 Å². The zero-order valence-corrected chi connectivity index (χ0v) is 16.3. The summed E-state index contributed by atoms with van der Waals surface area (Å²) in [5.74, 6) is -0.596. The summed E-state index contributed by atoms with van der Waals surface area (Å²) >= 11 is 7.45. The zero-order valence-electron chi connectivity index (χ0n) is 14.8. The first kappa shape index (κ1) is 17.2. The van der Waals surface area contributed by atoms with Crippen molar-refractivity contribution in [2.45, 2.75) is 6.42 Å². The van der Waals surface area contributed by atoms with Crippen LogP contribution in [0.2, 0.25) is 5.02 Å². The first-order valence-corrected chi connectivity index (χ1v) is 10.2. The van der Waals surface area contributed by atoms with Crippen molar-refractivity contribution >= 4 is 51.7 Å². The molecule has 2 aliphatic heterocycles. The predicted octanol–water partition coefficient (Wildman–Crippen LogP) is 4.75. The van der Waals surface area contributed by atoms with E-state index in [1.165, 1.54) is 21.8 Å². The smallest absolute Gasteiger partial charge is 0.282 e. The molecule has 0 fully saturated rings. The number of para-hydroxylation sites is 1. The van der Waals surface area contributed by atoms with Gasteiger partial charge < -0.3 is 4.90 Å². The highest BCUT2D eigenvalue weighted by Crippen LogP contribution is 2.41. The average Bonchev–Trinajstić information content (AvgIpc) is 3.41. The Hall–Kier alpha value is -2.89. The van der Waals surface area contributed by atoms with Crippen LogP contribution in [0.4, 0.5) is 11.4 Å². The van der Waals surface area contributed by atoms with E-state index in [1.54, 1.807) is 24.3 Å². The molecule has 2 aromatic carbocycles. The van der Waals surface area contributed by atoms with E-state index in [9.17, 15) is 9.59 Å². The average molecular weight is 407 g/mol. The van der Waals surface area contributed by atoms with Gasteiger partial charge in [0.2, 0.25) is 0 Å². The van der Waals surface area contributed by atoms with Crippen LogP contribution in [0, 0.1) is 0 Å². The molecule has 1 aromatic heterocycles. The Bertz CT molecular complexity index is 1120. The lowest BCUT2D eigenvalue weighted by Gasteiger charge is -2.21. The molecule has 0 saturated carbocycles. The summed E-state index contributed by atoms with van der Waals surface area (Å²) in [6.45, 7) is 0.678. The number of benzene rings is 2. The third kappa shape index (κ3) is 2.58. The van der Waals surface area contributed by atoms with Crippen molar-refractivity contribution in [2.75, 3.05) is 16.3 Å². The van der Waals surface area contributed by atoms with Gasteiger partial charge in [-0.3, -0.25) is 9.59 Å². The number of hydrogen-bond donors (Lipinski definition) is 0. The van der Waals surface area contributed by atoms with E-state index in [2.05, 4.69) is 6.07 Å². The van der Waals surface area contributed by atoms with Crippen LogP contribution in [-0.4, -0.2) is 18.4 Å². The molecule has 0 unspecified atom stereocenters. The van der Waals surface area contributed by atoms with Gasteiger partial charge in [0.25, 0.3) is 11.8 Å². The fourth-order valence-corrected chi connectivity index (χ4v) is 4.70. The second kappa shape index (κ2) is 6.62. The van der Waals surface area contributed by atoms with Gasteiger partial charge in [0.15, 0.2) is 0 Å². The van der Waals surface area contributed by atoms with Gasteiger partial charge in [0, 0.05) is 22.1 Å². The number of thiophene rings is 1. The van der Waals surface area contributed by atoms with Crippen molar-refractivity contribution in [3.63, 3.8) is 0 Å². The van der Waals surface area contributed by atoms with Gasteiger partial charge in [-0.15, -0.1) is 11.3 Å². The summed E-state index contributed by atoms with van der Waals surface area (Å²) in [6, 6.07) is 18.6. The van der Waals surface area contributed by atoms with Crippen molar-refractivity contribution < 1.29 is 9.59 Å². The third-order valence-corrected chi connectivity index (χ3v) is 6.21. The lowest BCUT2D eigenvalue weighted by Crippen LogP contribution is -2.34. The molecule has 6 heteroatoms. The van der Waals surface area contributed by atoms with Crippen LogP contribution >= 0.6 is 22.9 Å². The van der Waals surface area contributed by atoms with Crippen LogP contribution in [0.15, 0.2) is 71.7 Å². The highest BCUT2D eigenvalue weighted by Gasteiger charge is 2.44. The highest BCUT2D eigenvalue weighted by molar-refractivity contribution is 7.11. The molecule has 0 aliphatic carbocycles. The number of rotatable bonds is 3. The fraction of sp³-hybridized carbons (Fsp3) is 0.0909. The van der Waals surface area contributed by atoms with Crippen molar-refractivity contribution in [3.05, 3.63) is 87.2 Å².